The molecule has 9 nitrogen and oxygen atoms in total. The molecule has 1 aromatic carbocycles. The van der Waals surface area contributed by atoms with Crippen LogP contribution in [-0.4, -0.2) is 48.8 Å². The number of amides is 2. The predicted molar refractivity (Wildman–Crippen MR) is 105 cm³/mol. The standard InChI is InChI=1S/C19H22N8O/c1-26-12-22-17(25-26)13-4-2-6-15(10-13)23-19(28)27-9-3-5-14(11-27)16-7-8-21-18(20)24-16/h2,4,6-8,10,12,14H,3,5,9,11H2,1H3,(H,23,28)(H2,20,21,24). The summed E-state index contributed by atoms with van der Waals surface area (Å²) in [5.74, 6) is 1.05. The molecule has 1 aliphatic rings. The zero-order chi connectivity index (χ0) is 19.5. The van der Waals surface area contributed by atoms with Gasteiger partial charge in [-0.05, 0) is 31.0 Å². The van der Waals surface area contributed by atoms with Crippen LogP contribution in [-0.2, 0) is 7.05 Å². The quantitative estimate of drug-likeness (QED) is 0.722. The van der Waals surface area contributed by atoms with Gasteiger partial charge in [-0.2, -0.15) is 5.10 Å². The van der Waals surface area contributed by atoms with E-state index in [1.165, 1.54) is 0 Å². The second-order valence-corrected chi connectivity index (χ2v) is 6.88. The van der Waals surface area contributed by atoms with Gasteiger partial charge in [-0.15, -0.1) is 0 Å². The van der Waals surface area contributed by atoms with Crippen molar-refractivity contribution in [3.8, 4) is 11.4 Å². The van der Waals surface area contributed by atoms with Crippen LogP contribution in [0, 0.1) is 0 Å². The molecule has 0 spiro atoms. The van der Waals surface area contributed by atoms with Crippen molar-refractivity contribution in [3.05, 3.63) is 48.5 Å². The Morgan fingerprint density at radius 1 is 1.29 bits per heavy atom. The van der Waals surface area contributed by atoms with Gasteiger partial charge in [-0.1, -0.05) is 12.1 Å². The van der Waals surface area contributed by atoms with E-state index in [2.05, 4.69) is 25.4 Å². The fourth-order valence-electron chi connectivity index (χ4n) is 3.43. The van der Waals surface area contributed by atoms with Crippen LogP contribution in [0.4, 0.5) is 16.4 Å². The Labute approximate surface area is 162 Å². The Kier molecular flexibility index (Phi) is 4.88. The average Bonchev–Trinajstić information content (AvgIpc) is 3.15. The molecule has 0 radical (unpaired) electrons. The summed E-state index contributed by atoms with van der Waals surface area (Å²) < 4.78 is 1.65. The maximum absolute atomic E-state index is 12.8. The number of nitrogen functional groups attached to an aromatic ring is 1. The minimum atomic E-state index is -0.127. The van der Waals surface area contributed by atoms with Gasteiger partial charge >= 0.3 is 6.03 Å². The summed E-state index contributed by atoms with van der Waals surface area (Å²) in [6.07, 6.45) is 5.20. The molecule has 2 amide bonds. The van der Waals surface area contributed by atoms with Gasteiger partial charge in [0.15, 0.2) is 5.82 Å². The molecular weight excluding hydrogens is 356 g/mol. The van der Waals surface area contributed by atoms with Gasteiger partial charge in [0.25, 0.3) is 0 Å². The number of hydrogen-bond donors (Lipinski definition) is 2. The second-order valence-electron chi connectivity index (χ2n) is 6.88. The first-order valence-electron chi connectivity index (χ1n) is 9.19. The van der Waals surface area contributed by atoms with Crippen molar-refractivity contribution < 1.29 is 4.79 Å². The van der Waals surface area contributed by atoms with Crippen molar-refractivity contribution in [2.24, 2.45) is 7.05 Å². The fourth-order valence-corrected chi connectivity index (χ4v) is 3.43. The van der Waals surface area contributed by atoms with Gasteiger partial charge in [0.2, 0.25) is 5.95 Å². The zero-order valence-corrected chi connectivity index (χ0v) is 15.6. The number of hydrogen-bond acceptors (Lipinski definition) is 6. The van der Waals surface area contributed by atoms with Gasteiger partial charge in [0, 0.05) is 43.5 Å². The Bertz CT molecular complexity index is 985. The number of aromatic nitrogens is 5. The summed E-state index contributed by atoms with van der Waals surface area (Å²) in [7, 11) is 1.82. The number of anilines is 2. The zero-order valence-electron chi connectivity index (χ0n) is 15.6. The SMILES string of the molecule is Cn1cnc(-c2cccc(NC(=O)N3CCCC(c4ccnc(N)n4)C3)c2)n1. The summed E-state index contributed by atoms with van der Waals surface area (Å²) >= 11 is 0. The van der Waals surface area contributed by atoms with E-state index in [-0.39, 0.29) is 17.9 Å². The third kappa shape index (κ3) is 3.93. The topological polar surface area (TPSA) is 115 Å². The normalized spacial score (nSPS) is 16.8. The third-order valence-electron chi connectivity index (χ3n) is 4.79. The van der Waals surface area contributed by atoms with Crippen molar-refractivity contribution >= 4 is 17.7 Å². The maximum atomic E-state index is 12.8. The maximum Gasteiger partial charge on any atom is 0.321 e. The number of nitrogens with two attached hydrogens (primary N) is 1. The van der Waals surface area contributed by atoms with Crippen molar-refractivity contribution in [2.45, 2.75) is 18.8 Å². The fraction of sp³-hybridized carbons (Fsp3) is 0.316. The predicted octanol–water partition coefficient (Wildman–Crippen LogP) is 2.27. The molecule has 1 unspecified atom stereocenters. The van der Waals surface area contributed by atoms with Crippen LogP contribution >= 0.6 is 0 Å². The highest BCUT2D eigenvalue weighted by Crippen LogP contribution is 2.26. The van der Waals surface area contributed by atoms with E-state index in [4.69, 9.17) is 5.73 Å². The minimum Gasteiger partial charge on any atom is -0.368 e. The number of rotatable bonds is 3. The van der Waals surface area contributed by atoms with E-state index in [9.17, 15) is 4.79 Å². The number of carbonyl (C=O) groups is 1. The summed E-state index contributed by atoms with van der Waals surface area (Å²) in [5, 5.41) is 7.28. The number of aryl methyl sites for hydroxylation is 1. The lowest BCUT2D eigenvalue weighted by atomic mass is 9.95. The number of likely N-dealkylation sites (tertiary alicyclic amines) is 1. The van der Waals surface area contributed by atoms with E-state index < -0.39 is 0 Å². The highest BCUT2D eigenvalue weighted by atomic mass is 16.2. The van der Waals surface area contributed by atoms with E-state index in [0.29, 0.717) is 24.6 Å². The van der Waals surface area contributed by atoms with E-state index in [1.807, 2.05) is 42.3 Å². The molecule has 1 saturated heterocycles. The average molecular weight is 378 g/mol. The van der Waals surface area contributed by atoms with Gasteiger partial charge < -0.3 is 16.0 Å². The van der Waals surface area contributed by atoms with Crippen molar-refractivity contribution in [1.82, 2.24) is 29.6 Å². The molecule has 1 fully saturated rings. The molecule has 3 N–H and O–H groups in total. The molecule has 0 saturated carbocycles. The highest BCUT2D eigenvalue weighted by Gasteiger charge is 2.26. The lowest BCUT2D eigenvalue weighted by Crippen LogP contribution is -2.41. The molecule has 1 atom stereocenters. The number of nitrogens with one attached hydrogen (secondary N) is 1. The van der Waals surface area contributed by atoms with Crippen molar-refractivity contribution in [3.63, 3.8) is 0 Å². The summed E-state index contributed by atoms with van der Waals surface area (Å²) in [6, 6.07) is 9.27. The molecule has 4 rings (SSSR count). The van der Waals surface area contributed by atoms with E-state index in [1.54, 1.807) is 17.2 Å². The van der Waals surface area contributed by atoms with Gasteiger partial charge in [-0.25, -0.2) is 19.7 Å². The number of urea groups is 1. The summed E-state index contributed by atoms with van der Waals surface area (Å²) in [6.45, 7) is 1.31. The largest absolute Gasteiger partial charge is 0.368 e. The van der Waals surface area contributed by atoms with Gasteiger partial charge in [0.05, 0.1) is 5.69 Å². The molecule has 28 heavy (non-hydrogen) atoms. The van der Waals surface area contributed by atoms with Crippen LogP contribution in [0.5, 0.6) is 0 Å². The smallest absolute Gasteiger partial charge is 0.321 e. The van der Waals surface area contributed by atoms with Crippen LogP contribution < -0.4 is 11.1 Å². The first-order chi connectivity index (χ1) is 13.6. The first kappa shape index (κ1) is 17.9. The molecule has 2 aromatic heterocycles. The lowest BCUT2D eigenvalue weighted by molar-refractivity contribution is 0.192. The van der Waals surface area contributed by atoms with Crippen LogP contribution in [0.15, 0.2) is 42.9 Å². The van der Waals surface area contributed by atoms with Crippen LogP contribution in [0.1, 0.15) is 24.5 Å². The minimum absolute atomic E-state index is 0.127. The number of piperidine rings is 1. The molecule has 1 aliphatic heterocycles. The lowest BCUT2D eigenvalue weighted by Gasteiger charge is -2.32. The molecule has 0 bridgehead atoms. The monoisotopic (exact) mass is 378 g/mol. The van der Waals surface area contributed by atoms with Crippen molar-refractivity contribution in [1.29, 1.82) is 0 Å². The number of nitrogens with zero attached hydrogens (tertiary/aromatic N) is 6. The van der Waals surface area contributed by atoms with Crippen LogP contribution in [0.3, 0.4) is 0 Å². The van der Waals surface area contributed by atoms with E-state index >= 15 is 0 Å². The number of carbonyl (C=O) groups excluding carboxylic acids is 1. The summed E-state index contributed by atoms with van der Waals surface area (Å²) in [4.78, 5) is 27.1. The van der Waals surface area contributed by atoms with Gasteiger partial charge in [0.1, 0.15) is 6.33 Å². The molecule has 9 heteroatoms. The summed E-state index contributed by atoms with van der Waals surface area (Å²) in [5.41, 5.74) is 8.15. The van der Waals surface area contributed by atoms with Gasteiger partial charge in [-0.3, -0.25) is 4.68 Å². The third-order valence-corrected chi connectivity index (χ3v) is 4.79. The Morgan fingerprint density at radius 2 is 2.18 bits per heavy atom. The molecule has 144 valence electrons. The highest BCUT2D eigenvalue weighted by molar-refractivity contribution is 5.90. The molecule has 3 aromatic rings. The van der Waals surface area contributed by atoms with Crippen LogP contribution in [0.2, 0.25) is 0 Å². The van der Waals surface area contributed by atoms with Crippen molar-refractivity contribution in [2.75, 3.05) is 24.1 Å². The van der Waals surface area contributed by atoms with Crippen LogP contribution in [0.25, 0.3) is 11.4 Å². The Hall–Kier alpha value is -3.49. The molecular formula is C19H22N8O. The van der Waals surface area contributed by atoms with E-state index in [0.717, 1.165) is 24.1 Å². The second kappa shape index (κ2) is 7.63. The molecule has 3 heterocycles. The molecule has 0 aliphatic carbocycles. The Morgan fingerprint density at radius 3 is 2.96 bits per heavy atom. The number of benzene rings is 1. The first-order valence-corrected chi connectivity index (χ1v) is 9.19. The Balaban J connectivity index is 1.45.